The predicted molar refractivity (Wildman–Crippen MR) is 111 cm³/mol. The van der Waals surface area contributed by atoms with E-state index in [1.54, 1.807) is 25.6 Å². The van der Waals surface area contributed by atoms with Gasteiger partial charge < -0.3 is 15.0 Å². The van der Waals surface area contributed by atoms with Crippen LogP contribution in [0.3, 0.4) is 0 Å². The number of aromatic nitrogens is 2. The molecule has 1 unspecified atom stereocenters. The summed E-state index contributed by atoms with van der Waals surface area (Å²) in [5.41, 5.74) is 1.32. The number of anilines is 1. The number of thioether (sulfide) groups is 1. The van der Waals surface area contributed by atoms with Crippen molar-refractivity contribution in [1.82, 2.24) is 9.97 Å². The van der Waals surface area contributed by atoms with Gasteiger partial charge in [-0.25, -0.2) is 9.78 Å². The summed E-state index contributed by atoms with van der Waals surface area (Å²) in [4.78, 5) is 34.2. The first-order valence-corrected chi connectivity index (χ1v) is 10.6. The molecule has 3 rings (SSSR count). The Morgan fingerprint density at radius 2 is 2.22 bits per heavy atom. The number of ether oxygens (including phenoxy) is 1. The number of esters is 1. The lowest BCUT2D eigenvalue weighted by molar-refractivity contribution is 0.0531. The molecule has 6 nitrogen and oxygen atoms in total. The van der Waals surface area contributed by atoms with Crippen LogP contribution >= 0.6 is 23.1 Å². The number of nitrogens with one attached hydrogen (secondary N) is 2. The Morgan fingerprint density at radius 1 is 1.44 bits per heavy atom. The minimum atomic E-state index is -0.418. The maximum atomic E-state index is 12.6. The second-order valence-corrected chi connectivity index (χ2v) is 7.88. The molecule has 27 heavy (non-hydrogen) atoms. The molecule has 2 N–H and O–H groups in total. The molecule has 0 radical (unpaired) electrons. The number of fused-ring (bicyclic) bond motifs is 1. The third-order valence-corrected chi connectivity index (χ3v) is 6.03. The zero-order valence-electron chi connectivity index (χ0n) is 15.6. The maximum Gasteiger partial charge on any atom is 0.348 e. The van der Waals surface area contributed by atoms with Gasteiger partial charge >= 0.3 is 5.97 Å². The van der Waals surface area contributed by atoms with Gasteiger partial charge in [-0.2, -0.15) is 0 Å². The molecule has 8 heteroatoms. The fourth-order valence-corrected chi connectivity index (χ4v) is 4.33. The Morgan fingerprint density at radius 3 is 2.93 bits per heavy atom. The van der Waals surface area contributed by atoms with Gasteiger partial charge in [0.05, 0.1) is 18.0 Å². The van der Waals surface area contributed by atoms with Crippen molar-refractivity contribution in [3.63, 3.8) is 0 Å². The molecule has 1 atom stereocenters. The number of rotatable bonds is 6. The molecule has 0 bridgehead atoms. The molecule has 2 aromatic heterocycles. The largest absolute Gasteiger partial charge is 0.462 e. The number of benzene rings is 1. The van der Waals surface area contributed by atoms with E-state index in [9.17, 15) is 9.59 Å². The number of H-pyrrole nitrogens is 1. The van der Waals surface area contributed by atoms with Gasteiger partial charge in [0.25, 0.3) is 5.56 Å². The number of carbonyl (C=O) groups is 1. The van der Waals surface area contributed by atoms with Crippen LogP contribution in [0.5, 0.6) is 0 Å². The molecule has 0 fully saturated rings. The first kappa shape index (κ1) is 19.4. The SMILES string of the molecule is CCOC(=O)c1sc2nc(C(C)Nc3cccc(SC)c3)[nH]c(=O)c2c1C. The number of hydrogen-bond acceptors (Lipinski definition) is 7. The first-order chi connectivity index (χ1) is 12.9. The normalized spacial score (nSPS) is 12.1. The highest BCUT2D eigenvalue weighted by atomic mass is 32.2. The number of aryl methyl sites for hydroxylation is 1. The number of hydrogen-bond donors (Lipinski definition) is 2. The van der Waals surface area contributed by atoms with Gasteiger partial charge in [0.1, 0.15) is 15.5 Å². The van der Waals surface area contributed by atoms with Crippen LogP contribution in [0.2, 0.25) is 0 Å². The van der Waals surface area contributed by atoms with E-state index in [0.29, 0.717) is 26.5 Å². The smallest absolute Gasteiger partial charge is 0.348 e. The van der Waals surface area contributed by atoms with Gasteiger partial charge in [-0.1, -0.05) is 6.07 Å². The van der Waals surface area contributed by atoms with Crippen LogP contribution in [0.25, 0.3) is 10.2 Å². The first-order valence-electron chi connectivity index (χ1n) is 8.55. The van der Waals surface area contributed by atoms with Crippen LogP contribution < -0.4 is 10.9 Å². The molecule has 0 saturated heterocycles. The summed E-state index contributed by atoms with van der Waals surface area (Å²) in [6, 6.07) is 7.84. The van der Waals surface area contributed by atoms with Gasteiger partial charge in [0.2, 0.25) is 0 Å². The van der Waals surface area contributed by atoms with Crippen molar-refractivity contribution >= 4 is 45.0 Å². The Labute approximate surface area is 165 Å². The zero-order chi connectivity index (χ0) is 19.6. The third-order valence-electron chi connectivity index (χ3n) is 4.14. The second-order valence-electron chi connectivity index (χ2n) is 6.01. The summed E-state index contributed by atoms with van der Waals surface area (Å²) in [7, 11) is 0. The zero-order valence-corrected chi connectivity index (χ0v) is 17.2. The van der Waals surface area contributed by atoms with Crippen LogP contribution in [0.1, 0.15) is 40.9 Å². The lowest BCUT2D eigenvalue weighted by Gasteiger charge is -2.15. The van der Waals surface area contributed by atoms with Gasteiger partial charge in [-0.3, -0.25) is 4.79 Å². The Balaban J connectivity index is 1.95. The van der Waals surface area contributed by atoms with E-state index in [1.165, 1.54) is 11.3 Å². The van der Waals surface area contributed by atoms with Crippen molar-refractivity contribution in [3.8, 4) is 0 Å². The molecule has 0 amide bonds. The quantitative estimate of drug-likeness (QED) is 0.470. The highest BCUT2D eigenvalue weighted by Crippen LogP contribution is 2.29. The van der Waals surface area contributed by atoms with Crippen LogP contribution in [0.4, 0.5) is 5.69 Å². The average Bonchev–Trinajstić information content (AvgIpc) is 2.99. The number of carbonyl (C=O) groups excluding carboxylic acids is 1. The monoisotopic (exact) mass is 403 g/mol. The van der Waals surface area contributed by atoms with Crippen LogP contribution in [-0.2, 0) is 4.74 Å². The van der Waals surface area contributed by atoms with E-state index >= 15 is 0 Å². The van der Waals surface area contributed by atoms with Crippen molar-refractivity contribution in [3.05, 3.63) is 50.9 Å². The fourth-order valence-electron chi connectivity index (χ4n) is 2.79. The molecule has 2 heterocycles. The number of thiophene rings is 1. The van der Waals surface area contributed by atoms with Gasteiger partial charge in [-0.15, -0.1) is 23.1 Å². The summed E-state index contributed by atoms with van der Waals surface area (Å²) in [6.45, 7) is 5.72. The lowest BCUT2D eigenvalue weighted by atomic mass is 10.2. The predicted octanol–water partition coefficient (Wildman–Crippen LogP) is 4.36. The van der Waals surface area contributed by atoms with Gasteiger partial charge in [-0.05, 0) is 50.8 Å². The fraction of sp³-hybridized carbons (Fsp3) is 0.316. The summed E-state index contributed by atoms with van der Waals surface area (Å²) < 4.78 is 5.07. The molecular formula is C19H21N3O3S2. The Kier molecular flexibility index (Phi) is 5.86. The highest BCUT2D eigenvalue weighted by molar-refractivity contribution is 7.98. The molecular weight excluding hydrogens is 382 g/mol. The summed E-state index contributed by atoms with van der Waals surface area (Å²) in [6.07, 6.45) is 2.02. The number of nitrogens with zero attached hydrogens (tertiary/aromatic N) is 1. The van der Waals surface area contributed by atoms with Crippen molar-refractivity contribution in [2.45, 2.75) is 31.7 Å². The van der Waals surface area contributed by atoms with E-state index in [2.05, 4.69) is 15.3 Å². The molecule has 3 aromatic rings. The minimum absolute atomic E-state index is 0.201. The maximum absolute atomic E-state index is 12.6. The minimum Gasteiger partial charge on any atom is -0.462 e. The summed E-state index contributed by atoms with van der Waals surface area (Å²) >= 11 is 2.86. The van der Waals surface area contributed by atoms with Crippen molar-refractivity contribution < 1.29 is 9.53 Å². The third kappa shape index (κ3) is 4.01. The topological polar surface area (TPSA) is 84.1 Å². The average molecular weight is 404 g/mol. The van der Waals surface area contributed by atoms with Gasteiger partial charge in [0, 0.05) is 10.6 Å². The van der Waals surface area contributed by atoms with Crippen LogP contribution in [-0.4, -0.2) is 28.8 Å². The Hall–Kier alpha value is -2.32. The van der Waals surface area contributed by atoms with E-state index in [1.807, 2.05) is 37.4 Å². The summed E-state index contributed by atoms with van der Waals surface area (Å²) in [5.74, 6) is 0.109. The van der Waals surface area contributed by atoms with Gasteiger partial charge in [0.15, 0.2) is 0 Å². The highest BCUT2D eigenvalue weighted by Gasteiger charge is 2.21. The Bertz CT molecular complexity index is 1040. The molecule has 1 aromatic carbocycles. The lowest BCUT2D eigenvalue weighted by Crippen LogP contribution is -2.17. The molecule has 142 valence electrons. The standard InChI is InChI=1S/C19H21N3O3S2/c1-5-25-19(24)15-10(2)14-17(23)21-16(22-18(14)27-15)11(3)20-12-7-6-8-13(9-12)26-4/h6-9,11,20H,5H2,1-4H3,(H,21,22,23). The molecule has 0 aliphatic heterocycles. The molecule has 0 saturated carbocycles. The number of aromatic amines is 1. The van der Waals surface area contributed by atoms with Crippen LogP contribution in [0, 0.1) is 6.92 Å². The van der Waals surface area contributed by atoms with E-state index in [4.69, 9.17) is 4.74 Å². The summed E-state index contributed by atoms with van der Waals surface area (Å²) in [5, 5.41) is 3.80. The van der Waals surface area contributed by atoms with Crippen molar-refractivity contribution in [1.29, 1.82) is 0 Å². The second kappa shape index (κ2) is 8.14. The van der Waals surface area contributed by atoms with Crippen molar-refractivity contribution in [2.24, 2.45) is 0 Å². The molecule has 0 aliphatic rings. The van der Waals surface area contributed by atoms with Crippen LogP contribution in [0.15, 0.2) is 34.0 Å². The van der Waals surface area contributed by atoms with Crippen molar-refractivity contribution in [2.75, 3.05) is 18.2 Å². The van der Waals surface area contributed by atoms with E-state index < -0.39 is 5.97 Å². The van der Waals surface area contributed by atoms with E-state index in [-0.39, 0.29) is 18.2 Å². The van der Waals surface area contributed by atoms with E-state index in [0.717, 1.165) is 10.6 Å². The molecule has 0 spiro atoms. The molecule has 0 aliphatic carbocycles.